The Kier molecular flexibility index (Phi) is 3.09. The molecule has 0 saturated heterocycles. The van der Waals surface area contributed by atoms with E-state index in [1.54, 1.807) is 12.1 Å². The highest BCUT2D eigenvalue weighted by Crippen LogP contribution is 2.33. The molecule has 0 aliphatic heterocycles. The molecule has 25 heavy (non-hydrogen) atoms. The van der Waals surface area contributed by atoms with Gasteiger partial charge in [0.1, 0.15) is 11.3 Å². The van der Waals surface area contributed by atoms with Crippen LogP contribution in [0.3, 0.4) is 0 Å². The van der Waals surface area contributed by atoms with E-state index in [-0.39, 0.29) is 21.6 Å². The van der Waals surface area contributed by atoms with Gasteiger partial charge in [-0.1, -0.05) is 35.9 Å². The second-order valence-electron chi connectivity index (χ2n) is 5.31. The summed E-state index contributed by atoms with van der Waals surface area (Å²) in [5.41, 5.74) is -1.54. The minimum absolute atomic E-state index is 0.0204. The van der Waals surface area contributed by atoms with Crippen LogP contribution in [-0.2, 0) is 7.05 Å². The van der Waals surface area contributed by atoms with E-state index in [0.717, 1.165) is 4.57 Å². The van der Waals surface area contributed by atoms with E-state index in [1.807, 2.05) is 0 Å². The van der Waals surface area contributed by atoms with Crippen LogP contribution in [-0.4, -0.2) is 22.1 Å². The first kappa shape index (κ1) is 11.7. The third kappa shape index (κ3) is 2.76. The van der Waals surface area contributed by atoms with E-state index < -0.39 is 36.1 Å². The molecule has 1 N–H and O–H groups in total. The standard InChI is InChI=1S/C19H17ClN2O3/c1-3-22(12-8-5-4-6-9-12)19(25)16-17(23)15-13(20)10-7-11-14(15)21(2)18(16)24/h4-11,23H,3H2,1-2H3/i1D3,3D2. The number of amides is 1. The zero-order valence-corrected chi connectivity index (χ0v) is 13.9. The Labute approximate surface area is 156 Å². The Morgan fingerprint density at radius 3 is 2.68 bits per heavy atom. The second-order valence-corrected chi connectivity index (χ2v) is 5.72. The number of hydrogen-bond donors (Lipinski definition) is 1. The minimum atomic E-state index is -3.24. The highest BCUT2D eigenvalue weighted by Gasteiger charge is 2.26. The lowest BCUT2D eigenvalue weighted by molar-refractivity contribution is 0.0984. The van der Waals surface area contributed by atoms with Crippen LogP contribution < -0.4 is 10.5 Å². The fourth-order valence-electron chi connectivity index (χ4n) is 2.64. The van der Waals surface area contributed by atoms with Gasteiger partial charge in [-0.3, -0.25) is 9.59 Å². The normalized spacial score (nSPS) is 14.9. The van der Waals surface area contributed by atoms with Crippen LogP contribution in [0.25, 0.3) is 10.9 Å². The van der Waals surface area contributed by atoms with Crippen molar-refractivity contribution in [1.82, 2.24) is 4.57 Å². The van der Waals surface area contributed by atoms with E-state index in [0.29, 0.717) is 4.90 Å². The molecule has 2 aromatic carbocycles. The quantitative estimate of drug-likeness (QED) is 0.775. The smallest absolute Gasteiger partial charge is 0.267 e. The molecular formula is C19H17ClN2O3. The van der Waals surface area contributed by atoms with E-state index in [9.17, 15) is 14.7 Å². The molecule has 5 nitrogen and oxygen atoms in total. The Balaban J connectivity index is 2.36. The van der Waals surface area contributed by atoms with Gasteiger partial charge in [-0.05, 0) is 31.1 Å². The molecule has 1 amide bonds. The number of benzene rings is 2. The summed E-state index contributed by atoms with van der Waals surface area (Å²) >= 11 is 6.16. The lowest BCUT2D eigenvalue weighted by Gasteiger charge is -2.22. The fourth-order valence-corrected chi connectivity index (χ4v) is 2.90. The maximum Gasteiger partial charge on any atom is 0.267 e. The number of para-hydroxylation sites is 1. The van der Waals surface area contributed by atoms with Crippen LogP contribution in [0.15, 0.2) is 53.3 Å². The third-order valence-corrected chi connectivity index (χ3v) is 4.20. The summed E-state index contributed by atoms with van der Waals surface area (Å²) < 4.78 is 40.1. The average molecular weight is 362 g/mol. The SMILES string of the molecule is [2H]C([2H])([2H])C([2H])([2H])N(C(=O)c1c(O)c2c(Cl)cccc2n(C)c1=O)c1ccccc1. The van der Waals surface area contributed by atoms with Gasteiger partial charge in [0.15, 0.2) is 0 Å². The highest BCUT2D eigenvalue weighted by molar-refractivity contribution is 6.36. The fraction of sp³-hybridized carbons (Fsp3) is 0.158. The van der Waals surface area contributed by atoms with Crippen LogP contribution >= 0.6 is 11.6 Å². The van der Waals surface area contributed by atoms with Crippen LogP contribution in [0.5, 0.6) is 5.75 Å². The average Bonchev–Trinajstić information content (AvgIpc) is 2.66. The number of aryl methyl sites for hydroxylation is 1. The van der Waals surface area contributed by atoms with Crippen molar-refractivity contribution in [3.05, 3.63) is 69.5 Å². The molecule has 0 saturated carbocycles. The highest BCUT2D eigenvalue weighted by atomic mass is 35.5. The van der Waals surface area contributed by atoms with Crippen molar-refractivity contribution in [1.29, 1.82) is 0 Å². The number of anilines is 1. The maximum atomic E-state index is 13.4. The summed E-state index contributed by atoms with van der Waals surface area (Å²) in [7, 11) is 1.36. The second kappa shape index (κ2) is 6.61. The summed E-state index contributed by atoms with van der Waals surface area (Å²) in [5.74, 6) is -2.05. The lowest BCUT2D eigenvalue weighted by atomic mass is 10.1. The third-order valence-electron chi connectivity index (χ3n) is 3.89. The Morgan fingerprint density at radius 1 is 1.28 bits per heavy atom. The number of hydrogen-bond acceptors (Lipinski definition) is 3. The predicted molar refractivity (Wildman–Crippen MR) is 99.7 cm³/mol. The predicted octanol–water partition coefficient (Wildman–Crippen LogP) is 3.56. The number of aromatic nitrogens is 1. The van der Waals surface area contributed by atoms with Crippen molar-refractivity contribution in [3.63, 3.8) is 0 Å². The largest absolute Gasteiger partial charge is 0.506 e. The first-order valence-corrected chi connectivity index (χ1v) is 7.67. The van der Waals surface area contributed by atoms with Crippen molar-refractivity contribution >= 4 is 34.1 Å². The Morgan fingerprint density at radius 2 is 2.00 bits per heavy atom. The molecule has 0 aliphatic carbocycles. The molecule has 0 aliphatic rings. The molecule has 3 rings (SSSR count). The molecule has 0 radical (unpaired) electrons. The van der Waals surface area contributed by atoms with Gasteiger partial charge in [-0.25, -0.2) is 0 Å². The van der Waals surface area contributed by atoms with Crippen molar-refractivity contribution in [3.8, 4) is 5.75 Å². The van der Waals surface area contributed by atoms with Gasteiger partial charge >= 0.3 is 0 Å². The number of carbonyl (C=O) groups is 1. The first-order chi connectivity index (χ1) is 13.9. The van der Waals surface area contributed by atoms with Gasteiger partial charge in [-0.15, -0.1) is 0 Å². The van der Waals surface area contributed by atoms with Gasteiger partial charge in [-0.2, -0.15) is 0 Å². The van der Waals surface area contributed by atoms with Crippen molar-refractivity contribution in [2.24, 2.45) is 7.05 Å². The molecule has 0 atom stereocenters. The van der Waals surface area contributed by atoms with Gasteiger partial charge in [0, 0.05) is 26.1 Å². The number of halogens is 1. The van der Waals surface area contributed by atoms with Crippen LogP contribution in [0, 0.1) is 0 Å². The molecule has 1 aromatic heterocycles. The van der Waals surface area contributed by atoms with Crippen molar-refractivity contribution in [2.45, 2.75) is 6.85 Å². The molecule has 1 heterocycles. The van der Waals surface area contributed by atoms with Gasteiger partial charge in [0.2, 0.25) is 0 Å². The number of pyridine rings is 1. The zero-order valence-electron chi connectivity index (χ0n) is 18.2. The Bertz CT molecular complexity index is 1190. The molecule has 0 spiro atoms. The van der Waals surface area contributed by atoms with E-state index >= 15 is 0 Å². The van der Waals surface area contributed by atoms with Crippen molar-refractivity contribution in [2.75, 3.05) is 11.4 Å². The number of rotatable bonds is 3. The summed E-state index contributed by atoms with van der Waals surface area (Å²) in [6.45, 7) is -6.42. The monoisotopic (exact) mass is 361 g/mol. The summed E-state index contributed by atoms with van der Waals surface area (Å²) in [5, 5.41) is 10.9. The number of carbonyl (C=O) groups excluding carboxylic acids is 1. The van der Waals surface area contributed by atoms with E-state index in [2.05, 4.69) is 0 Å². The molecule has 6 heteroatoms. The van der Waals surface area contributed by atoms with Crippen molar-refractivity contribution < 1.29 is 16.8 Å². The van der Waals surface area contributed by atoms with Gasteiger partial charge in [0.05, 0.1) is 15.9 Å². The number of aromatic hydroxyl groups is 1. The Hall–Kier alpha value is -2.79. The first-order valence-electron chi connectivity index (χ1n) is 9.79. The number of nitrogens with zero attached hydrogens (tertiary/aromatic N) is 2. The summed E-state index contributed by atoms with van der Waals surface area (Å²) in [6.07, 6.45) is 0. The van der Waals surface area contributed by atoms with Crippen LogP contribution in [0.4, 0.5) is 5.69 Å². The summed E-state index contributed by atoms with van der Waals surface area (Å²) in [4.78, 5) is 26.7. The minimum Gasteiger partial charge on any atom is -0.506 e. The molecule has 0 fully saturated rings. The van der Waals surface area contributed by atoms with Gasteiger partial charge < -0.3 is 14.6 Å². The van der Waals surface area contributed by atoms with Crippen LogP contribution in [0.2, 0.25) is 5.02 Å². The maximum absolute atomic E-state index is 13.4. The topological polar surface area (TPSA) is 62.5 Å². The van der Waals surface area contributed by atoms with Crippen LogP contribution in [0.1, 0.15) is 24.1 Å². The molecular weight excluding hydrogens is 340 g/mol. The molecule has 0 unspecified atom stereocenters. The molecule has 0 bridgehead atoms. The number of fused-ring (bicyclic) bond motifs is 1. The molecule has 128 valence electrons. The van der Waals surface area contributed by atoms with E-state index in [4.69, 9.17) is 18.5 Å². The summed E-state index contributed by atoms with van der Waals surface area (Å²) in [6, 6.07) is 11.8. The zero-order chi connectivity index (χ0) is 22.4. The van der Waals surface area contributed by atoms with E-state index in [1.165, 1.54) is 43.4 Å². The molecule has 3 aromatic rings. The lowest BCUT2D eigenvalue weighted by Crippen LogP contribution is -2.36. The van der Waals surface area contributed by atoms with Gasteiger partial charge in [0.25, 0.3) is 11.5 Å².